The van der Waals surface area contributed by atoms with Gasteiger partial charge in [-0.15, -0.1) is 5.73 Å². The lowest BCUT2D eigenvalue weighted by Gasteiger charge is -2.26. The maximum absolute atomic E-state index is 7.84. The molecule has 1 aromatic carbocycles. The van der Waals surface area contributed by atoms with E-state index in [0.717, 1.165) is 61.1 Å². The van der Waals surface area contributed by atoms with Crippen LogP contribution in [-0.2, 0) is 0 Å². The molecule has 0 spiro atoms. The van der Waals surface area contributed by atoms with Crippen molar-refractivity contribution in [3.8, 4) is 0 Å². The van der Waals surface area contributed by atoms with Crippen molar-refractivity contribution in [2.45, 2.75) is 44.4 Å². The molecule has 0 radical (unpaired) electrons. The van der Waals surface area contributed by atoms with Crippen LogP contribution in [0.1, 0.15) is 55.6 Å². The summed E-state index contributed by atoms with van der Waals surface area (Å²) in [6, 6.07) is 6.21. The molecule has 0 aromatic heterocycles. The van der Waals surface area contributed by atoms with Crippen LogP contribution in [0.4, 0.5) is 5.69 Å². The van der Waals surface area contributed by atoms with Gasteiger partial charge in [0.25, 0.3) is 0 Å². The number of allylic oxidation sites excluding steroid dienone is 5. The van der Waals surface area contributed by atoms with Crippen molar-refractivity contribution in [2.24, 2.45) is 0 Å². The number of benzene rings is 1. The Labute approximate surface area is 138 Å². The zero-order valence-electron chi connectivity index (χ0n) is 13.6. The Morgan fingerprint density at radius 2 is 2.00 bits per heavy atom. The van der Waals surface area contributed by atoms with Gasteiger partial charge in [0, 0.05) is 17.0 Å². The third-order valence-corrected chi connectivity index (χ3v) is 4.84. The molecule has 118 valence electrons. The summed E-state index contributed by atoms with van der Waals surface area (Å²) in [7, 11) is 0. The van der Waals surface area contributed by atoms with E-state index in [2.05, 4.69) is 42.7 Å². The average molecular weight is 304 g/mol. The van der Waals surface area contributed by atoms with Gasteiger partial charge in [0.05, 0.1) is 0 Å². The highest BCUT2D eigenvalue weighted by atomic mass is 14.5. The summed E-state index contributed by atoms with van der Waals surface area (Å²) < 4.78 is 0. The largest absolute Gasteiger partial charge is 0.399 e. The summed E-state index contributed by atoms with van der Waals surface area (Å²) in [4.78, 5) is 0. The Hall–Kier alpha value is -2.31. The van der Waals surface area contributed by atoms with Crippen LogP contribution in [0.5, 0.6) is 0 Å². The maximum atomic E-state index is 7.84. The molecular weight excluding hydrogens is 280 g/mol. The third-order valence-electron chi connectivity index (χ3n) is 4.84. The van der Waals surface area contributed by atoms with E-state index in [1.165, 1.54) is 11.1 Å². The van der Waals surface area contributed by atoms with Gasteiger partial charge in [-0.3, -0.25) is 0 Å². The first-order valence-corrected chi connectivity index (χ1v) is 8.42. The van der Waals surface area contributed by atoms with Gasteiger partial charge in [0.2, 0.25) is 0 Å². The van der Waals surface area contributed by atoms with Gasteiger partial charge in [0.15, 0.2) is 0 Å². The fraction of sp³-hybridized carbons (Fsp3) is 0.333. The summed E-state index contributed by atoms with van der Waals surface area (Å²) in [5.41, 5.74) is 15.6. The van der Waals surface area contributed by atoms with E-state index in [1.807, 2.05) is 6.07 Å². The van der Waals surface area contributed by atoms with E-state index in [4.69, 9.17) is 11.1 Å². The van der Waals surface area contributed by atoms with E-state index >= 15 is 0 Å². The summed E-state index contributed by atoms with van der Waals surface area (Å²) >= 11 is 0. The predicted octanol–water partition coefficient (Wildman–Crippen LogP) is 5.39. The molecule has 1 fully saturated rings. The van der Waals surface area contributed by atoms with Crippen molar-refractivity contribution >= 4 is 17.0 Å². The molecule has 3 N–H and O–H groups in total. The first kappa shape index (κ1) is 15.6. The number of rotatable bonds is 3. The van der Waals surface area contributed by atoms with Crippen LogP contribution >= 0.6 is 0 Å². The molecule has 0 aliphatic heterocycles. The number of hydrogen-bond acceptors (Lipinski definition) is 2. The van der Waals surface area contributed by atoms with Crippen molar-refractivity contribution < 1.29 is 0 Å². The Kier molecular flexibility index (Phi) is 4.64. The van der Waals surface area contributed by atoms with E-state index in [1.54, 1.807) is 0 Å². The maximum Gasteiger partial charge on any atom is 0.0320 e. The van der Waals surface area contributed by atoms with Crippen LogP contribution in [0.2, 0.25) is 0 Å². The van der Waals surface area contributed by atoms with Gasteiger partial charge in [-0.1, -0.05) is 30.9 Å². The lowest BCUT2D eigenvalue weighted by Crippen LogP contribution is -2.13. The molecule has 1 saturated carbocycles. The fourth-order valence-electron chi connectivity index (χ4n) is 3.58. The molecule has 2 aliphatic rings. The number of nitrogens with two attached hydrogens (primary N) is 1. The molecule has 0 unspecified atom stereocenters. The monoisotopic (exact) mass is 304 g/mol. The topological polar surface area (TPSA) is 49.9 Å². The molecule has 1 aromatic rings. The minimum Gasteiger partial charge on any atom is -0.399 e. The van der Waals surface area contributed by atoms with Crippen LogP contribution in [0.25, 0.3) is 5.57 Å². The van der Waals surface area contributed by atoms with Gasteiger partial charge in [0.1, 0.15) is 0 Å². The minimum atomic E-state index is 0.497. The van der Waals surface area contributed by atoms with Crippen LogP contribution < -0.4 is 5.73 Å². The molecular formula is C21H24N2. The second kappa shape index (κ2) is 6.85. The summed E-state index contributed by atoms with van der Waals surface area (Å²) in [5, 5.41) is 7.84. The zero-order valence-corrected chi connectivity index (χ0v) is 13.6. The molecule has 2 aliphatic carbocycles. The fourth-order valence-corrected chi connectivity index (χ4v) is 3.58. The van der Waals surface area contributed by atoms with Crippen molar-refractivity contribution in [2.75, 3.05) is 5.73 Å². The SMILES string of the molecule is C=C=C(C1=CCCC=C1)c1cc(N)ccc1C1CCC(=N)CC1. The second-order valence-electron chi connectivity index (χ2n) is 6.42. The molecule has 3 rings (SSSR count). The van der Waals surface area contributed by atoms with Gasteiger partial charge in [-0.2, -0.15) is 0 Å². The first-order chi connectivity index (χ1) is 11.2. The lowest BCUT2D eigenvalue weighted by atomic mass is 9.79. The molecule has 0 bridgehead atoms. The Morgan fingerprint density at radius 3 is 2.65 bits per heavy atom. The molecule has 0 atom stereocenters. The molecule has 2 heteroatoms. The van der Waals surface area contributed by atoms with E-state index < -0.39 is 0 Å². The average Bonchev–Trinajstić information content (AvgIpc) is 2.58. The standard InChI is InChI=1S/C21H24N2/c1-2-19(15-6-4-3-5-7-15)21-14-18(23)12-13-20(21)16-8-10-17(22)11-9-16/h4,6-7,12-14,16,22H,1,3,5,8-11,23H2. The van der Waals surface area contributed by atoms with E-state index in [-0.39, 0.29) is 0 Å². The highest BCUT2D eigenvalue weighted by molar-refractivity contribution is 5.85. The lowest BCUT2D eigenvalue weighted by molar-refractivity contribution is 0.563. The van der Waals surface area contributed by atoms with E-state index in [9.17, 15) is 0 Å². The summed E-state index contributed by atoms with van der Waals surface area (Å²) in [6.45, 7) is 3.93. The first-order valence-electron chi connectivity index (χ1n) is 8.42. The number of nitrogens with one attached hydrogen (secondary N) is 1. The second-order valence-corrected chi connectivity index (χ2v) is 6.42. The predicted molar refractivity (Wildman–Crippen MR) is 98.8 cm³/mol. The Morgan fingerprint density at radius 1 is 1.22 bits per heavy atom. The van der Waals surface area contributed by atoms with Gasteiger partial charge < -0.3 is 11.1 Å². The van der Waals surface area contributed by atoms with Crippen LogP contribution in [-0.4, -0.2) is 5.71 Å². The minimum absolute atomic E-state index is 0.497. The summed E-state index contributed by atoms with van der Waals surface area (Å²) in [6.07, 6.45) is 12.7. The van der Waals surface area contributed by atoms with E-state index in [0.29, 0.717) is 5.92 Å². The molecule has 23 heavy (non-hydrogen) atoms. The number of nitrogen functional groups attached to an aromatic ring is 1. The van der Waals surface area contributed by atoms with Crippen molar-refractivity contribution in [1.29, 1.82) is 5.41 Å². The number of hydrogen-bond donors (Lipinski definition) is 2. The van der Waals surface area contributed by atoms with Gasteiger partial charge in [-0.25, -0.2) is 0 Å². The highest BCUT2D eigenvalue weighted by Gasteiger charge is 2.22. The van der Waals surface area contributed by atoms with Crippen LogP contribution in [0.3, 0.4) is 0 Å². The Balaban J connectivity index is 2.02. The van der Waals surface area contributed by atoms with Crippen molar-refractivity contribution in [1.82, 2.24) is 0 Å². The molecule has 0 saturated heterocycles. The molecule has 0 heterocycles. The molecule has 0 amide bonds. The normalized spacial score (nSPS) is 20.8. The summed E-state index contributed by atoms with van der Waals surface area (Å²) in [5.74, 6) is 0.497. The van der Waals surface area contributed by atoms with Crippen molar-refractivity contribution in [3.05, 3.63) is 65.4 Å². The van der Waals surface area contributed by atoms with Crippen molar-refractivity contribution in [3.63, 3.8) is 0 Å². The number of anilines is 1. The van der Waals surface area contributed by atoms with Gasteiger partial charge >= 0.3 is 0 Å². The smallest absolute Gasteiger partial charge is 0.0320 e. The molecule has 2 nitrogen and oxygen atoms in total. The van der Waals surface area contributed by atoms with Gasteiger partial charge in [-0.05, 0) is 73.3 Å². The Bertz CT molecular complexity index is 720. The quantitative estimate of drug-likeness (QED) is 0.571. The van der Waals surface area contributed by atoms with Crippen LogP contribution in [0.15, 0.2) is 54.3 Å². The van der Waals surface area contributed by atoms with Crippen LogP contribution in [0, 0.1) is 5.41 Å². The third kappa shape index (κ3) is 3.38. The highest BCUT2D eigenvalue weighted by Crippen LogP contribution is 2.38. The zero-order chi connectivity index (χ0) is 16.2.